The van der Waals surface area contributed by atoms with Crippen molar-refractivity contribution in [3.05, 3.63) is 59.7 Å². The van der Waals surface area contributed by atoms with Gasteiger partial charge in [-0.3, -0.25) is 4.79 Å². The topological polar surface area (TPSA) is 52.6 Å². The number of esters is 1. The van der Waals surface area contributed by atoms with Crippen LogP contribution in [0.5, 0.6) is 11.5 Å². The van der Waals surface area contributed by atoms with Crippen molar-refractivity contribution in [1.82, 2.24) is 0 Å². The lowest BCUT2D eigenvalue weighted by Gasteiger charge is -2.08. The molecule has 0 heterocycles. The van der Waals surface area contributed by atoms with E-state index in [0.29, 0.717) is 35.5 Å². The Hall–Kier alpha value is -2.62. The number of benzene rings is 2. The van der Waals surface area contributed by atoms with E-state index in [9.17, 15) is 9.59 Å². The smallest absolute Gasteiger partial charge is 0.343 e. The van der Waals surface area contributed by atoms with E-state index < -0.39 is 5.97 Å². The molecule has 0 aliphatic rings. The minimum Gasteiger partial charge on any atom is -0.494 e. The molecule has 0 radical (unpaired) electrons. The standard InChI is InChI=1S/C18H18O4/c1-2-3-10-21-16-8-5-7-15(12-16)18(20)22-17-9-4-6-14(11-17)13-19/h4-9,11-13H,2-3,10H2,1H3. The first-order valence-corrected chi connectivity index (χ1v) is 7.23. The lowest BCUT2D eigenvalue weighted by Crippen LogP contribution is -2.09. The highest BCUT2D eigenvalue weighted by molar-refractivity contribution is 5.91. The van der Waals surface area contributed by atoms with Crippen molar-refractivity contribution < 1.29 is 19.1 Å². The highest BCUT2D eigenvalue weighted by Crippen LogP contribution is 2.18. The number of ether oxygens (including phenoxy) is 2. The van der Waals surface area contributed by atoms with E-state index in [4.69, 9.17) is 9.47 Å². The quantitative estimate of drug-likeness (QED) is 0.337. The maximum absolute atomic E-state index is 12.1. The van der Waals surface area contributed by atoms with E-state index in [1.807, 2.05) is 0 Å². The summed E-state index contributed by atoms with van der Waals surface area (Å²) in [5, 5.41) is 0. The number of aldehydes is 1. The van der Waals surface area contributed by atoms with Gasteiger partial charge in [0, 0.05) is 5.56 Å². The monoisotopic (exact) mass is 298 g/mol. The van der Waals surface area contributed by atoms with Gasteiger partial charge in [-0.2, -0.15) is 0 Å². The normalized spacial score (nSPS) is 10.0. The molecule has 4 nitrogen and oxygen atoms in total. The van der Waals surface area contributed by atoms with E-state index in [1.165, 1.54) is 6.07 Å². The zero-order valence-corrected chi connectivity index (χ0v) is 12.5. The molecule has 2 rings (SSSR count). The Morgan fingerprint density at radius 1 is 1.09 bits per heavy atom. The van der Waals surface area contributed by atoms with Crippen LogP contribution in [0.15, 0.2) is 48.5 Å². The van der Waals surface area contributed by atoms with Crippen molar-refractivity contribution in [1.29, 1.82) is 0 Å². The van der Waals surface area contributed by atoms with Crippen LogP contribution in [0, 0.1) is 0 Å². The summed E-state index contributed by atoms with van der Waals surface area (Å²) in [6.07, 6.45) is 2.72. The van der Waals surface area contributed by atoms with Gasteiger partial charge in [-0.15, -0.1) is 0 Å². The van der Waals surface area contributed by atoms with Crippen LogP contribution in [0.1, 0.15) is 40.5 Å². The average molecular weight is 298 g/mol. The van der Waals surface area contributed by atoms with Gasteiger partial charge in [-0.25, -0.2) is 4.79 Å². The summed E-state index contributed by atoms with van der Waals surface area (Å²) in [6, 6.07) is 13.3. The summed E-state index contributed by atoms with van der Waals surface area (Å²) >= 11 is 0. The fourth-order valence-corrected chi connectivity index (χ4v) is 1.86. The second-order valence-corrected chi connectivity index (χ2v) is 4.81. The maximum Gasteiger partial charge on any atom is 0.343 e. The molecule has 0 atom stereocenters. The molecule has 0 unspecified atom stereocenters. The average Bonchev–Trinajstić information content (AvgIpc) is 2.55. The molecule has 0 aliphatic carbocycles. The molecule has 0 fully saturated rings. The van der Waals surface area contributed by atoms with Gasteiger partial charge in [0.25, 0.3) is 0 Å². The Morgan fingerprint density at radius 2 is 1.86 bits per heavy atom. The third-order valence-corrected chi connectivity index (χ3v) is 3.04. The number of carbonyl (C=O) groups is 2. The second-order valence-electron chi connectivity index (χ2n) is 4.81. The number of hydrogen-bond donors (Lipinski definition) is 0. The Balaban J connectivity index is 2.05. The van der Waals surface area contributed by atoms with Crippen LogP contribution in [-0.2, 0) is 0 Å². The van der Waals surface area contributed by atoms with Crippen molar-refractivity contribution in [2.75, 3.05) is 6.61 Å². The molecule has 0 aromatic heterocycles. The predicted octanol–water partition coefficient (Wildman–Crippen LogP) is 3.90. The molecule has 2 aromatic rings. The molecule has 4 heteroatoms. The summed E-state index contributed by atoms with van der Waals surface area (Å²) in [5.74, 6) is 0.500. The van der Waals surface area contributed by atoms with Crippen LogP contribution in [0.25, 0.3) is 0 Å². The van der Waals surface area contributed by atoms with Gasteiger partial charge in [-0.1, -0.05) is 31.5 Å². The fraction of sp³-hybridized carbons (Fsp3) is 0.222. The van der Waals surface area contributed by atoms with Crippen LogP contribution in [0.3, 0.4) is 0 Å². The Bertz CT molecular complexity index is 649. The van der Waals surface area contributed by atoms with Gasteiger partial charge in [-0.05, 0) is 36.8 Å². The molecule has 0 amide bonds. The Morgan fingerprint density at radius 3 is 2.64 bits per heavy atom. The van der Waals surface area contributed by atoms with E-state index in [-0.39, 0.29) is 0 Å². The van der Waals surface area contributed by atoms with Crippen LogP contribution in [0.2, 0.25) is 0 Å². The second kappa shape index (κ2) is 7.98. The molecule has 0 saturated carbocycles. The third kappa shape index (κ3) is 4.45. The number of rotatable bonds is 7. The minimum absolute atomic E-state index is 0.340. The van der Waals surface area contributed by atoms with E-state index in [0.717, 1.165) is 12.8 Å². The first-order chi connectivity index (χ1) is 10.7. The minimum atomic E-state index is -0.482. The summed E-state index contributed by atoms with van der Waals surface area (Å²) < 4.78 is 10.8. The molecular weight excluding hydrogens is 280 g/mol. The molecule has 0 saturated heterocycles. The zero-order valence-electron chi connectivity index (χ0n) is 12.5. The molecule has 0 aliphatic heterocycles. The summed E-state index contributed by atoms with van der Waals surface area (Å²) in [5.41, 5.74) is 0.868. The van der Waals surface area contributed by atoms with Crippen molar-refractivity contribution in [3.63, 3.8) is 0 Å². The summed E-state index contributed by atoms with van der Waals surface area (Å²) in [7, 11) is 0. The molecule has 0 bridgehead atoms. The maximum atomic E-state index is 12.1. The number of carbonyl (C=O) groups excluding carboxylic acids is 2. The fourth-order valence-electron chi connectivity index (χ4n) is 1.86. The number of hydrogen-bond acceptors (Lipinski definition) is 4. The van der Waals surface area contributed by atoms with Crippen LogP contribution < -0.4 is 9.47 Å². The summed E-state index contributed by atoms with van der Waals surface area (Å²) in [4.78, 5) is 22.9. The third-order valence-electron chi connectivity index (χ3n) is 3.04. The van der Waals surface area contributed by atoms with Gasteiger partial charge in [0.1, 0.15) is 17.8 Å². The van der Waals surface area contributed by atoms with Crippen molar-refractivity contribution in [3.8, 4) is 11.5 Å². The zero-order chi connectivity index (χ0) is 15.8. The first kappa shape index (κ1) is 15.8. The first-order valence-electron chi connectivity index (χ1n) is 7.23. The SMILES string of the molecule is CCCCOc1cccc(C(=O)Oc2cccc(C=O)c2)c1. The molecule has 114 valence electrons. The highest BCUT2D eigenvalue weighted by atomic mass is 16.5. The van der Waals surface area contributed by atoms with Crippen molar-refractivity contribution >= 4 is 12.3 Å². The van der Waals surface area contributed by atoms with Gasteiger partial charge in [0.05, 0.1) is 12.2 Å². The Kier molecular flexibility index (Phi) is 5.72. The molecule has 2 aromatic carbocycles. The number of unbranched alkanes of at least 4 members (excludes halogenated alkanes) is 1. The van der Waals surface area contributed by atoms with Gasteiger partial charge in [0.2, 0.25) is 0 Å². The summed E-state index contributed by atoms with van der Waals surface area (Å²) in [6.45, 7) is 2.71. The van der Waals surface area contributed by atoms with Crippen LogP contribution in [0.4, 0.5) is 0 Å². The lowest BCUT2D eigenvalue weighted by atomic mass is 10.2. The molecule has 0 spiro atoms. The predicted molar refractivity (Wildman–Crippen MR) is 83.6 cm³/mol. The lowest BCUT2D eigenvalue weighted by molar-refractivity contribution is 0.0733. The molecular formula is C18H18O4. The molecule has 0 N–H and O–H groups in total. The van der Waals surface area contributed by atoms with E-state index in [1.54, 1.807) is 42.5 Å². The van der Waals surface area contributed by atoms with Crippen LogP contribution in [-0.4, -0.2) is 18.9 Å². The highest BCUT2D eigenvalue weighted by Gasteiger charge is 2.10. The van der Waals surface area contributed by atoms with E-state index >= 15 is 0 Å². The van der Waals surface area contributed by atoms with Crippen molar-refractivity contribution in [2.45, 2.75) is 19.8 Å². The van der Waals surface area contributed by atoms with Gasteiger partial charge < -0.3 is 9.47 Å². The Labute approximate surface area is 129 Å². The van der Waals surface area contributed by atoms with Gasteiger partial charge >= 0.3 is 5.97 Å². The van der Waals surface area contributed by atoms with Gasteiger partial charge in [0.15, 0.2) is 0 Å². The largest absolute Gasteiger partial charge is 0.494 e. The van der Waals surface area contributed by atoms with Crippen LogP contribution >= 0.6 is 0 Å². The molecule has 22 heavy (non-hydrogen) atoms. The van der Waals surface area contributed by atoms with Crippen molar-refractivity contribution in [2.24, 2.45) is 0 Å². The van der Waals surface area contributed by atoms with E-state index in [2.05, 4.69) is 6.92 Å².